The summed E-state index contributed by atoms with van der Waals surface area (Å²) in [7, 11) is 1.59. The number of aliphatic hydroxyl groups excluding tert-OH is 1. The maximum Gasteiger partial charge on any atom is 0.106 e. The lowest BCUT2D eigenvalue weighted by atomic mass is 10.1. The predicted molar refractivity (Wildman–Crippen MR) is 44.7 cm³/mol. The van der Waals surface area contributed by atoms with Crippen molar-refractivity contribution in [2.24, 2.45) is 0 Å². The van der Waals surface area contributed by atoms with Crippen LogP contribution in [0.1, 0.15) is 6.92 Å². The molecule has 4 heteroatoms. The Morgan fingerprint density at radius 1 is 1.67 bits per heavy atom. The van der Waals surface area contributed by atoms with E-state index in [1.54, 1.807) is 19.6 Å². The molecule has 1 rings (SSSR count). The summed E-state index contributed by atoms with van der Waals surface area (Å²) in [6, 6.07) is 0. The molecule has 68 valence electrons. The van der Waals surface area contributed by atoms with E-state index in [1.807, 2.05) is 17.7 Å². The van der Waals surface area contributed by atoms with Gasteiger partial charge in [-0.2, -0.15) is 0 Å². The summed E-state index contributed by atoms with van der Waals surface area (Å²) in [6.07, 6.45) is 5.24. The Balaban J connectivity index is 2.60. The molecule has 1 aromatic heterocycles. The van der Waals surface area contributed by atoms with Crippen molar-refractivity contribution in [1.29, 1.82) is 0 Å². The Labute approximate surface area is 71.8 Å². The molecule has 0 saturated heterocycles. The van der Waals surface area contributed by atoms with Crippen molar-refractivity contribution in [3.05, 3.63) is 18.7 Å². The number of nitrogens with zero attached hydrogens (tertiary/aromatic N) is 2. The van der Waals surface area contributed by atoms with Crippen LogP contribution in [0, 0.1) is 0 Å². The minimum atomic E-state index is -0.513. The molecule has 1 N–H and O–H groups in total. The summed E-state index contributed by atoms with van der Waals surface area (Å²) in [4.78, 5) is 3.90. The van der Waals surface area contributed by atoms with Crippen molar-refractivity contribution in [2.75, 3.05) is 13.7 Å². The Hall–Kier alpha value is -0.870. The van der Waals surface area contributed by atoms with Crippen molar-refractivity contribution < 1.29 is 9.84 Å². The topological polar surface area (TPSA) is 47.3 Å². The zero-order chi connectivity index (χ0) is 9.03. The lowest BCUT2D eigenvalue weighted by Gasteiger charge is -2.25. The van der Waals surface area contributed by atoms with E-state index < -0.39 is 5.60 Å². The molecule has 0 spiro atoms. The third kappa shape index (κ3) is 2.06. The molecule has 0 radical (unpaired) electrons. The molecular formula is C8H14N2O2. The van der Waals surface area contributed by atoms with E-state index in [9.17, 15) is 0 Å². The fourth-order valence-electron chi connectivity index (χ4n) is 0.946. The first-order valence-corrected chi connectivity index (χ1v) is 3.82. The van der Waals surface area contributed by atoms with Crippen molar-refractivity contribution in [3.8, 4) is 0 Å². The maximum absolute atomic E-state index is 9.03. The summed E-state index contributed by atoms with van der Waals surface area (Å²) in [5.74, 6) is 0. The number of aliphatic hydroxyl groups is 1. The van der Waals surface area contributed by atoms with Gasteiger partial charge in [-0.05, 0) is 6.92 Å². The van der Waals surface area contributed by atoms with E-state index in [0.717, 1.165) is 0 Å². The average Bonchev–Trinajstić information content (AvgIpc) is 2.57. The Kier molecular flexibility index (Phi) is 2.83. The standard InChI is InChI=1S/C8H14N2O2/c1-8(6-11,12-2)5-10-4-3-9-7-10/h3-4,7,11H,5-6H2,1-2H3. The average molecular weight is 170 g/mol. The number of methoxy groups -OCH3 is 1. The van der Waals surface area contributed by atoms with Crippen molar-refractivity contribution in [3.63, 3.8) is 0 Å². The minimum Gasteiger partial charge on any atom is -0.393 e. The van der Waals surface area contributed by atoms with E-state index in [1.165, 1.54) is 0 Å². The molecule has 0 amide bonds. The van der Waals surface area contributed by atoms with E-state index >= 15 is 0 Å². The van der Waals surface area contributed by atoms with Crippen LogP contribution in [0.5, 0.6) is 0 Å². The highest BCUT2D eigenvalue weighted by Crippen LogP contribution is 2.10. The van der Waals surface area contributed by atoms with Gasteiger partial charge in [0.15, 0.2) is 0 Å². The molecule has 0 aliphatic rings. The van der Waals surface area contributed by atoms with Gasteiger partial charge in [0.25, 0.3) is 0 Å². The van der Waals surface area contributed by atoms with Crippen LogP contribution < -0.4 is 0 Å². The van der Waals surface area contributed by atoms with Gasteiger partial charge < -0.3 is 14.4 Å². The van der Waals surface area contributed by atoms with Gasteiger partial charge in [0.05, 0.1) is 19.5 Å². The first kappa shape index (κ1) is 9.22. The normalized spacial score (nSPS) is 15.9. The molecule has 1 atom stereocenters. The number of hydrogen-bond acceptors (Lipinski definition) is 3. The second-order valence-electron chi connectivity index (χ2n) is 3.05. The van der Waals surface area contributed by atoms with Gasteiger partial charge in [0, 0.05) is 19.5 Å². The van der Waals surface area contributed by atoms with Crippen LogP contribution in [0.2, 0.25) is 0 Å². The molecule has 0 bridgehead atoms. The molecule has 0 aliphatic carbocycles. The summed E-state index contributed by atoms with van der Waals surface area (Å²) in [6.45, 7) is 2.47. The minimum absolute atomic E-state index is 0.00167. The quantitative estimate of drug-likeness (QED) is 0.706. The van der Waals surface area contributed by atoms with E-state index in [2.05, 4.69) is 4.98 Å². The van der Waals surface area contributed by atoms with Crippen molar-refractivity contribution in [2.45, 2.75) is 19.1 Å². The van der Waals surface area contributed by atoms with Crippen LogP contribution in [0.3, 0.4) is 0 Å². The fourth-order valence-corrected chi connectivity index (χ4v) is 0.946. The van der Waals surface area contributed by atoms with Crippen LogP contribution in [-0.4, -0.2) is 34.0 Å². The molecule has 12 heavy (non-hydrogen) atoms. The second kappa shape index (κ2) is 3.69. The van der Waals surface area contributed by atoms with E-state index in [-0.39, 0.29) is 6.61 Å². The van der Waals surface area contributed by atoms with E-state index in [0.29, 0.717) is 6.54 Å². The van der Waals surface area contributed by atoms with Gasteiger partial charge in [-0.1, -0.05) is 0 Å². The zero-order valence-corrected chi connectivity index (χ0v) is 7.40. The Morgan fingerprint density at radius 3 is 2.83 bits per heavy atom. The van der Waals surface area contributed by atoms with Crippen LogP contribution in [0.25, 0.3) is 0 Å². The van der Waals surface area contributed by atoms with Crippen molar-refractivity contribution >= 4 is 0 Å². The van der Waals surface area contributed by atoms with Crippen LogP contribution in [-0.2, 0) is 11.3 Å². The van der Waals surface area contributed by atoms with E-state index in [4.69, 9.17) is 9.84 Å². The molecule has 0 aromatic carbocycles. The van der Waals surface area contributed by atoms with Gasteiger partial charge in [-0.15, -0.1) is 0 Å². The van der Waals surface area contributed by atoms with Crippen LogP contribution in [0.4, 0.5) is 0 Å². The van der Waals surface area contributed by atoms with Gasteiger partial charge >= 0.3 is 0 Å². The highest BCUT2D eigenvalue weighted by molar-refractivity contribution is 4.81. The lowest BCUT2D eigenvalue weighted by molar-refractivity contribution is -0.0491. The first-order chi connectivity index (χ1) is 5.70. The molecule has 1 unspecified atom stereocenters. The third-order valence-electron chi connectivity index (χ3n) is 1.90. The summed E-state index contributed by atoms with van der Waals surface area (Å²) in [5, 5.41) is 9.03. The summed E-state index contributed by atoms with van der Waals surface area (Å²) in [5.41, 5.74) is -0.513. The summed E-state index contributed by atoms with van der Waals surface area (Å²) < 4.78 is 7.04. The molecule has 1 aromatic rings. The van der Waals surface area contributed by atoms with Crippen molar-refractivity contribution in [1.82, 2.24) is 9.55 Å². The number of aromatic nitrogens is 2. The third-order valence-corrected chi connectivity index (χ3v) is 1.90. The van der Waals surface area contributed by atoms with Gasteiger partial charge in [0.2, 0.25) is 0 Å². The monoisotopic (exact) mass is 170 g/mol. The smallest absolute Gasteiger partial charge is 0.106 e. The molecule has 4 nitrogen and oxygen atoms in total. The Morgan fingerprint density at radius 2 is 2.42 bits per heavy atom. The van der Waals surface area contributed by atoms with Gasteiger partial charge in [-0.3, -0.25) is 0 Å². The number of hydrogen-bond donors (Lipinski definition) is 1. The molecule has 0 fully saturated rings. The Bertz CT molecular complexity index is 217. The highest BCUT2D eigenvalue weighted by Gasteiger charge is 2.22. The molecule has 1 heterocycles. The second-order valence-corrected chi connectivity index (χ2v) is 3.05. The lowest BCUT2D eigenvalue weighted by Crippen LogP contribution is -2.36. The number of imidazole rings is 1. The summed E-state index contributed by atoms with van der Waals surface area (Å²) >= 11 is 0. The SMILES string of the molecule is COC(C)(CO)Cn1ccnc1. The molecular weight excluding hydrogens is 156 g/mol. The number of ether oxygens (including phenoxy) is 1. The predicted octanol–water partition coefficient (Wildman–Crippen LogP) is 0.280. The molecule has 0 aliphatic heterocycles. The van der Waals surface area contributed by atoms with Gasteiger partial charge in [0.1, 0.15) is 5.60 Å². The maximum atomic E-state index is 9.03. The first-order valence-electron chi connectivity index (χ1n) is 3.82. The largest absolute Gasteiger partial charge is 0.393 e. The number of rotatable bonds is 4. The highest BCUT2D eigenvalue weighted by atomic mass is 16.5. The van der Waals surface area contributed by atoms with Crippen LogP contribution in [0.15, 0.2) is 18.7 Å². The van der Waals surface area contributed by atoms with Crippen LogP contribution >= 0.6 is 0 Å². The molecule has 0 saturated carbocycles. The fraction of sp³-hybridized carbons (Fsp3) is 0.625. The van der Waals surface area contributed by atoms with Gasteiger partial charge in [-0.25, -0.2) is 4.98 Å². The zero-order valence-electron chi connectivity index (χ0n) is 7.40.